The van der Waals surface area contributed by atoms with Gasteiger partial charge in [0.05, 0.1) is 11.7 Å². The van der Waals surface area contributed by atoms with Crippen molar-refractivity contribution in [1.29, 1.82) is 0 Å². The van der Waals surface area contributed by atoms with Gasteiger partial charge in [0.15, 0.2) is 0 Å². The number of benzene rings is 2. The van der Waals surface area contributed by atoms with E-state index < -0.39 is 0 Å². The Morgan fingerprint density at radius 2 is 1.65 bits per heavy atom. The predicted octanol–water partition coefficient (Wildman–Crippen LogP) is 7.73. The van der Waals surface area contributed by atoms with E-state index in [0.717, 1.165) is 22.7 Å². The highest BCUT2D eigenvalue weighted by Gasteiger charge is 2.20. The summed E-state index contributed by atoms with van der Waals surface area (Å²) in [5.41, 5.74) is 5.78. The fourth-order valence-electron chi connectivity index (χ4n) is 4.43. The summed E-state index contributed by atoms with van der Waals surface area (Å²) < 4.78 is 9.65. The van der Waals surface area contributed by atoms with Crippen molar-refractivity contribution in [2.24, 2.45) is 5.92 Å². The molecule has 0 saturated heterocycles. The van der Waals surface area contributed by atoms with Gasteiger partial charge in [-0.05, 0) is 65.4 Å². The molecular formula is C28H36N4OS. The SMILES string of the molecule is CC(C)CC1COc2cc(-c3c(C(C)C)cccc3C(C)C)nc(n2)NSc2cccc(c2)N1. The van der Waals surface area contributed by atoms with Crippen LogP contribution < -0.4 is 14.8 Å². The lowest BCUT2D eigenvalue weighted by Crippen LogP contribution is -2.29. The molecule has 1 aliphatic heterocycles. The summed E-state index contributed by atoms with van der Waals surface area (Å²) in [5.74, 6) is 2.47. The smallest absolute Gasteiger partial charge is 0.237 e. The van der Waals surface area contributed by atoms with E-state index in [4.69, 9.17) is 14.7 Å². The second kappa shape index (κ2) is 10.7. The average molecular weight is 477 g/mol. The Morgan fingerprint density at radius 3 is 2.32 bits per heavy atom. The first-order chi connectivity index (χ1) is 16.3. The maximum Gasteiger partial charge on any atom is 0.237 e. The molecule has 180 valence electrons. The topological polar surface area (TPSA) is 59.1 Å². The fraction of sp³-hybridized carbons (Fsp3) is 0.429. The van der Waals surface area contributed by atoms with Crippen LogP contribution in [0.3, 0.4) is 0 Å². The van der Waals surface area contributed by atoms with Gasteiger partial charge in [0.2, 0.25) is 11.8 Å². The standard InChI is InChI=1S/C28H36N4OS/c1-17(2)13-21-16-33-26-15-25(27-23(18(3)4)11-8-12-24(27)19(5)6)30-28(31-26)32-34-22-10-7-9-20(14-22)29-21/h7-12,14-15,17-19,21,29H,13,16H2,1-6H3,(H,30,31,32). The number of rotatable bonds is 5. The number of ether oxygens (including phenoxy) is 1. The van der Waals surface area contributed by atoms with Gasteiger partial charge in [-0.1, -0.05) is 65.8 Å². The second-order valence-electron chi connectivity index (χ2n) is 10.0. The van der Waals surface area contributed by atoms with Gasteiger partial charge in [0.25, 0.3) is 0 Å². The van der Waals surface area contributed by atoms with Crippen LogP contribution in [0.4, 0.5) is 11.6 Å². The monoisotopic (exact) mass is 476 g/mol. The quantitative estimate of drug-likeness (QED) is 0.367. The summed E-state index contributed by atoms with van der Waals surface area (Å²) in [6.45, 7) is 14.0. The van der Waals surface area contributed by atoms with E-state index in [9.17, 15) is 0 Å². The molecule has 5 nitrogen and oxygen atoms in total. The first-order valence-electron chi connectivity index (χ1n) is 12.2. The molecule has 2 N–H and O–H groups in total. The molecule has 1 aliphatic rings. The molecule has 0 aliphatic carbocycles. The molecule has 0 amide bonds. The summed E-state index contributed by atoms with van der Waals surface area (Å²) in [6.07, 6.45) is 1.01. The molecule has 4 bridgehead atoms. The molecule has 34 heavy (non-hydrogen) atoms. The largest absolute Gasteiger partial charge is 0.475 e. The Balaban J connectivity index is 1.80. The molecular weight excluding hydrogens is 440 g/mol. The Bertz CT molecular complexity index is 1100. The molecule has 2 heterocycles. The minimum atomic E-state index is 0.184. The number of nitrogens with zero attached hydrogens (tertiary/aromatic N) is 2. The molecule has 1 aromatic heterocycles. The molecule has 0 spiro atoms. The minimum absolute atomic E-state index is 0.184. The second-order valence-corrected chi connectivity index (χ2v) is 10.9. The van der Waals surface area contributed by atoms with Crippen molar-refractivity contribution in [1.82, 2.24) is 9.97 Å². The van der Waals surface area contributed by atoms with Crippen LogP contribution >= 0.6 is 11.9 Å². The predicted molar refractivity (Wildman–Crippen MR) is 144 cm³/mol. The molecule has 0 fully saturated rings. The van der Waals surface area contributed by atoms with E-state index in [0.29, 0.717) is 36.2 Å². The van der Waals surface area contributed by atoms with Crippen molar-refractivity contribution in [3.05, 3.63) is 59.7 Å². The molecule has 0 saturated carbocycles. The van der Waals surface area contributed by atoms with E-state index in [-0.39, 0.29) is 6.04 Å². The first-order valence-corrected chi connectivity index (χ1v) is 13.1. The van der Waals surface area contributed by atoms with Gasteiger partial charge in [0.1, 0.15) is 6.61 Å². The van der Waals surface area contributed by atoms with Crippen molar-refractivity contribution in [3.63, 3.8) is 0 Å². The third-order valence-corrected chi connectivity index (χ3v) is 6.76. The maximum atomic E-state index is 6.30. The summed E-state index contributed by atoms with van der Waals surface area (Å²) in [4.78, 5) is 10.8. The highest BCUT2D eigenvalue weighted by molar-refractivity contribution is 8.00. The zero-order chi connectivity index (χ0) is 24.2. The van der Waals surface area contributed by atoms with Crippen LogP contribution in [-0.4, -0.2) is 22.6 Å². The summed E-state index contributed by atoms with van der Waals surface area (Å²) in [5, 5.41) is 3.66. The Hall–Kier alpha value is -2.73. The number of nitrogens with one attached hydrogen (secondary N) is 2. The van der Waals surface area contributed by atoms with Gasteiger partial charge in [-0.2, -0.15) is 4.98 Å². The van der Waals surface area contributed by atoms with Crippen LogP contribution in [0.5, 0.6) is 5.88 Å². The normalized spacial score (nSPS) is 15.9. The first kappa shape index (κ1) is 24.4. The Kier molecular flexibility index (Phi) is 7.67. The molecule has 0 radical (unpaired) electrons. The van der Waals surface area contributed by atoms with Crippen LogP contribution in [0.1, 0.15) is 70.9 Å². The number of aromatic nitrogens is 2. The van der Waals surface area contributed by atoms with E-state index in [1.165, 1.54) is 28.6 Å². The van der Waals surface area contributed by atoms with E-state index in [2.05, 4.69) is 94.0 Å². The van der Waals surface area contributed by atoms with E-state index in [1.807, 2.05) is 6.07 Å². The van der Waals surface area contributed by atoms with Crippen molar-refractivity contribution in [2.75, 3.05) is 16.6 Å². The third-order valence-electron chi connectivity index (χ3n) is 5.99. The maximum absolute atomic E-state index is 6.30. The lowest BCUT2D eigenvalue weighted by molar-refractivity contribution is 0.271. The molecule has 1 unspecified atom stereocenters. The van der Waals surface area contributed by atoms with Gasteiger partial charge in [-0.25, -0.2) is 4.98 Å². The van der Waals surface area contributed by atoms with Crippen LogP contribution in [0.2, 0.25) is 0 Å². The van der Waals surface area contributed by atoms with Crippen LogP contribution in [-0.2, 0) is 0 Å². The van der Waals surface area contributed by atoms with Gasteiger partial charge >= 0.3 is 0 Å². The van der Waals surface area contributed by atoms with Gasteiger partial charge in [0, 0.05) is 22.2 Å². The number of hydrogen-bond donors (Lipinski definition) is 2. The number of hydrogen-bond acceptors (Lipinski definition) is 6. The zero-order valence-electron chi connectivity index (χ0n) is 21.1. The van der Waals surface area contributed by atoms with Crippen molar-refractivity contribution in [3.8, 4) is 17.1 Å². The molecule has 2 aromatic carbocycles. The highest BCUT2D eigenvalue weighted by atomic mass is 32.2. The molecule has 3 aromatic rings. The molecule has 6 heteroatoms. The zero-order valence-corrected chi connectivity index (χ0v) is 21.9. The summed E-state index contributed by atoms with van der Waals surface area (Å²) in [6, 6.07) is 17.2. The van der Waals surface area contributed by atoms with Crippen molar-refractivity contribution >= 4 is 23.6 Å². The number of anilines is 2. The lowest BCUT2D eigenvalue weighted by Gasteiger charge is -2.24. The fourth-order valence-corrected chi connectivity index (χ4v) is 5.07. The summed E-state index contributed by atoms with van der Waals surface area (Å²) >= 11 is 1.52. The minimum Gasteiger partial charge on any atom is -0.475 e. The van der Waals surface area contributed by atoms with Crippen LogP contribution in [0.25, 0.3) is 11.3 Å². The number of fused-ring (bicyclic) bond motifs is 4. The Labute approximate surface area is 208 Å². The summed E-state index contributed by atoms with van der Waals surface area (Å²) in [7, 11) is 0. The lowest BCUT2D eigenvalue weighted by atomic mass is 9.87. The van der Waals surface area contributed by atoms with E-state index >= 15 is 0 Å². The van der Waals surface area contributed by atoms with Gasteiger partial charge < -0.3 is 10.1 Å². The molecule has 4 rings (SSSR count). The van der Waals surface area contributed by atoms with Gasteiger partial charge in [-0.3, -0.25) is 4.72 Å². The highest BCUT2D eigenvalue weighted by Crippen LogP contribution is 2.37. The van der Waals surface area contributed by atoms with Crippen molar-refractivity contribution in [2.45, 2.75) is 70.7 Å². The van der Waals surface area contributed by atoms with E-state index in [1.54, 1.807) is 0 Å². The third kappa shape index (κ3) is 5.84. The van der Waals surface area contributed by atoms with Gasteiger partial charge in [-0.15, -0.1) is 0 Å². The Morgan fingerprint density at radius 1 is 0.941 bits per heavy atom. The van der Waals surface area contributed by atoms with Crippen molar-refractivity contribution < 1.29 is 4.74 Å². The molecule has 1 atom stereocenters. The van der Waals surface area contributed by atoms with Crippen LogP contribution in [0.15, 0.2) is 53.4 Å². The average Bonchev–Trinajstić information content (AvgIpc) is 2.80. The van der Waals surface area contributed by atoms with Crippen LogP contribution in [0, 0.1) is 5.92 Å².